The second-order valence-corrected chi connectivity index (χ2v) is 7.58. The summed E-state index contributed by atoms with van der Waals surface area (Å²) in [6.07, 6.45) is 2.91. The number of aliphatic hydroxyl groups is 1. The van der Waals surface area contributed by atoms with Crippen molar-refractivity contribution in [2.45, 2.75) is 13.0 Å². The van der Waals surface area contributed by atoms with Crippen LogP contribution in [0.25, 0.3) is 11.3 Å². The molecule has 1 N–H and O–H groups in total. The van der Waals surface area contributed by atoms with Gasteiger partial charge in [0, 0.05) is 38.3 Å². The van der Waals surface area contributed by atoms with Crippen LogP contribution in [0.1, 0.15) is 5.56 Å². The summed E-state index contributed by atoms with van der Waals surface area (Å²) in [5, 5.41) is 13.9. The summed E-state index contributed by atoms with van der Waals surface area (Å²) in [7, 11) is 1.73. The molecule has 6 heteroatoms. The number of rotatable bonds is 8. The van der Waals surface area contributed by atoms with Gasteiger partial charge in [0.15, 0.2) is 0 Å². The zero-order chi connectivity index (χ0) is 20.8. The molecular formula is C24H30N4O2. The van der Waals surface area contributed by atoms with Gasteiger partial charge in [-0.05, 0) is 24.1 Å². The number of ether oxygens (including phenoxy) is 1. The highest BCUT2D eigenvalue weighted by Gasteiger charge is 2.20. The molecule has 0 aliphatic carbocycles. The Hall–Kier alpha value is -2.83. The molecule has 2 aromatic carbocycles. The Kier molecular flexibility index (Phi) is 6.67. The summed E-state index contributed by atoms with van der Waals surface area (Å²) in [6, 6.07) is 18.6. The SMILES string of the molecule is COc1ccccc1N1CCN(CCc2cnn(CCO)c2-c2ccccc2)CC1. The first kappa shape index (κ1) is 20.4. The van der Waals surface area contributed by atoms with Gasteiger partial charge in [0.05, 0.1) is 37.8 Å². The third-order valence-electron chi connectivity index (χ3n) is 5.77. The zero-order valence-electron chi connectivity index (χ0n) is 17.6. The molecule has 1 aliphatic heterocycles. The Morgan fingerprint density at radius 1 is 0.933 bits per heavy atom. The molecule has 0 amide bonds. The van der Waals surface area contributed by atoms with Gasteiger partial charge in [0.2, 0.25) is 0 Å². The molecule has 0 bridgehead atoms. The van der Waals surface area contributed by atoms with Crippen molar-refractivity contribution in [2.75, 3.05) is 51.3 Å². The maximum absolute atomic E-state index is 9.41. The van der Waals surface area contributed by atoms with Gasteiger partial charge in [0.25, 0.3) is 0 Å². The number of methoxy groups -OCH3 is 1. The highest BCUT2D eigenvalue weighted by Crippen LogP contribution is 2.29. The minimum Gasteiger partial charge on any atom is -0.495 e. The summed E-state index contributed by atoms with van der Waals surface area (Å²) in [5.74, 6) is 0.940. The summed E-state index contributed by atoms with van der Waals surface area (Å²) in [5.41, 5.74) is 4.69. The van der Waals surface area contributed by atoms with E-state index in [2.05, 4.69) is 39.2 Å². The molecular weight excluding hydrogens is 376 g/mol. The molecule has 1 fully saturated rings. The monoisotopic (exact) mass is 406 g/mol. The molecule has 1 aliphatic rings. The highest BCUT2D eigenvalue weighted by molar-refractivity contribution is 5.63. The fraction of sp³-hybridized carbons (Fsp3) is 0.375. The molecule has 0 spiro atoms. The lowest BCUT2D eigenvalue weighted by Gasteiger charge is -2.36. The fourth-order valence-corrected chi connectivity index (χ4v) is 4.18. The normalized spacial score (nSPS) is 14.8. The smallest absolute Gasteiger partial charge is 0.142 e. The number of para-hydroxylation sites is 2. The van der Waals surface area contributed by atoms with Crippen LogP contribution in [-0.2, 0) is 13.0 Å². The highest BCUT2D eigenvalue weighted by atomic mass is 16.5. The second kappa shape index (κ2) is 9.78. The lowest BCUT2D eigenvalue weighted by molar-refractivity contribution is 0.260. The van der Waals surface area contributed by atoms with Crippen LogP contribution in [0.2, 0.25) is 0 Å². The van der Waals surface area contributed by atoms with Crippen LogP contribution in [-0.4, -0.2) is 66.2 Å². The van der Waals surface area contributed by atoms with Crippen molar-refractivity contribution in [2.24, 2.45) is 0 Å². The third kappa shape index (κ3) is 4.50. The number of hydrogen-bond acceptors (Lipinski definition) is 5. The van der Waals surface area contributed by atoms with Crippen molar-refractivity contribution < 1.29 is 9.84 Å². The summed E-state index contributed by atoms with van der Waals surface area (Å²) in [6.45, 7) is 5.66. The van der Waals surface area contributed by atoms with Gasteiger partial charge in [-0.3, -0.25) is 9.58 Å². The molecule has 0 atom stereocenters. The van der Waals surface area contributed by atoms with Crippen molar-refractivity contribution >= 4 is 5.69 Å². The number of benzene rings is 2. The van der Waals surface area contributed by atoms with Gasteiger partial charge in [-0.25, -0.2) is 0 Å². The molecule has 1 aromatic heterocycles. The van der Waals surface area contributed by atoms with Gasteiger partial charge in [-0.15, -0.1) is 0 Å². The van der Waals surface area contributed by atoms with Crippen LogP contribution < -0.4 is 9.64 Å². The molecule has 158 valence electrons. The molecule has 4 rings (SSSR count). The number of aliphatic hydroxyl groups excluding tert-OH is 1. The molecule has 0 saturated carbocycles. The maximum Gasteiger partial charge on any atom is 0.142 e. The Balaban J connectivity index is 1.39. The quantitative estimate of drug-likeness (QED) is 0.623. The average molecular weight is 407 g/mol. The van der Waals surface area contributed by atoms with E-state index >= 15 is 0 Å². The Bertz CT molecular complexity index is 933. The van der Waals surface area contributed by atoms with Gasteiger partial charge >= 0.3 is 0 Å². The van der Waals surface area contributed by atoms with E-state index in [9.17, 15) is 5.11 Å². The topological polar surface area (TPSA) is 53.8 Å². The second-order valence-electron chi connectivity index (χ2n) is 7.58. The van der Waals surface area contributed by atoms with Crippen LogP contribution >= 0.6 is 0 Å². The van der Waals surface area contributed by atoms with E-state index in [1.807, 2.05) is 41.2 Å². The van der Waals surface area contributed by atoms with Crippen molar-refractivity contribution in [3.8, 4) is 17.0 Å². The van der Waals surface area contributed by atoms with Crippen molar-refractivity contribution in [3.63, 3.8) is 0 Å². The molecule has 30 heavy (non-hydrogen) atoms. The van der Waals surface area contributed by atoms with Crippen LogP contribution in [0.4, 0.5) is 5.69 Å². The molecule has 0 unspecified atom stereocenters. The summed E-state index contributed by atoms with van der Waals surface area (Å²) >= 11 is 0. The lowest BCUT2D eigenvalue weighted by Crippen LogP contribution is -2.47. The molecule has 6 nitrogen and oxygen atoms in total. The summed E-state index contributed by atoms with van der Waals surface area (Å²) in [4.78, 5) is 4.92. The number of nitrogens with zero attached hydrogens (tertiary/aromatic N) is 4. The van der Waals surface area contributed by atoms with Gasteiger partial charge in [-0.1, -0.05) is 42.5 Å². The van der Waals surface area contributed by atoms with Crippen molar-refractivity contribution in [3.05, 3.63) is 66.4 Å². The Morgan fingerprint density at radius 3 is 2.40 bits per heavy atom. The van der Waals surface area contributed by atoms with Gasteiger partial charge in [-0.2, -0.15) is 5.10 Å². The van der Waals surface area contributed by atoms with E-state index in [1.54, 1.807) is 7.11 Å². The Morgan fingerprint density at radius 2 is 1.67 bits per heavy atom. The van der Waals surface area contributed by atoms with Crippen LogP contribution in [0.15, 0.2) is 60.8 Å². The first-order valence-corrected chi connectivity index (χ1v) is 10.6. The minimum atomic E-state index is 0.0891. The first-order valence-electron chi connectivity index (χ1n) is 10.6. The van der Waals surface area contributed by atoms with Crippen LogP contribution in [0.5, 0.6) is 5.75 Å². The number of aromatic nitrogens is 2. The van der Waals surface area contributed by atoms with Gasteiger partial charge < -0.3 is 14.7 Å². The standard InChI is InChI=1S/C24H30N4O2/c1-30-23-10-6-5-9-22(23)27-15-13-26(14-16-27)12-11-21-19-25-28(17-18-29)24(21)20-7-3-2-4-8-20/h2-10,19,29H,11-18H2,1H3. The molecule has 2 heterocycles. The number of piperazine rings is 1. The van der Waals surface area contributed by atoms with E-state index in [1.165, 1.54) is 11.3 Å². The largest absolute Gasteiger partial charge is 0.495 e. The van der Waals surface area contributed by atoms with E-state index in [0.717, 1.165) is 56.2 Å². The zero-order valence-corrected chi connectivity index (χ0v) is 17.6. The molecule has 1 saturated heterocycles. The van der Waals surface area contributed by atoms with E-state index in [-0.39, 0.29) is 6.61 Å². The van der Waals surface area contributed by atoms with Crippen molar-refractivity contribution in [1.29, 1.82) is 0 Å². The lowest BCUT2D eigenvalue weighted by atomic mass is 10.1. The van der Waals surface area contributed by atoms with Gasteiger partial charge in [0.1, 0.15) is 5.75 Å². The number of anilines is 1. The van der Waals surface area contributed by atoms with Crippen LogP contribution in [0.3, 0.4) is 0 Å². The Labute approximate surface area is 178 Å². The first-order chi connectivity index (χ1) is 14.8. The van der Waals surface area contributed by atoms with E-state index in [0.29, 0.717) is 6.54 Å². The van der Waals surface area contributed by atoms with Crippen LogP contribution in [0, 0.1) is 0 Å². The van der Waals surface area contributed by atoms with Crippen molar-refractivity contribution in [1.82, 2.24) is 14.7 Å². The maximum atomic E-state index is 9.41. The number of hydrogen-bond donors (Lipinski definition) is 1. The van der Waals surface area contributed by atoms with E-state index < -0.39 is 0 Å². The minimum absolute atomic E-state index is 0.0891. The fourth-order valence-electron chi connectivity index (χ4n) is 4.18. The molecule has 3 aromatic rings. The average Bonchev–Trinajstić information content (AvgIpc) is 3.21. The predicted molar refractivity (Wildman–Crippen MR) is 120 cm³/mol. The predicted octanol–water partition coefficient (Wildman–Crippen LogP) is 2.92. The third-order valence-corrected chi connectivity index (χ3v) is 5.77. The molecule has 0 radical (unpaired) electrons. The summed E-state index contributed by atoms with van der Waals surface area (Å²) < 4.78 is 7.45. The van der Waals surface area contributed by atoms with E-state index in [4.69, 9.17) is 4.74 Å².